The molecule has 0 aliphatic heterocycles. The third-order valence-electron chi connectivity index (χ3n) is 4.08. The van der Waals surface area contributed by atoms with Crippen LogP contribution in [0.3, 0.4) is 0 Å². The average molecular weight is 352 g/mol. The Hall–Kier alpha value is -1.36. The normalized spacial score (nSPS) is 16.1. The van der Waals surface area contributed by atoms with Crippen LogP contribution in [0.5, 0.6) is 0 Å². The van der Waals surface area contributed by atoms with E-state index in [1.165, 1.54) is 32.1 Å². The Morgan fingerprint density at radius 3 is 2.81 bits per heavy atom. The molecule has 0 atom stereocenters. The molecule has 112 valence electrons. The summed E-state index contributed by atoms with van der Waals surface area (Å²) in [4.78, 5) is 4.40. The lowest BCUT2D eigenvalue weighted by Crippen LogP contribution is -2.24. The van der Waals surface area contributed by atoms with E-state index in [1.54, 1.807) is 18.3 Å². The maximum absolute atomic E-state index is 13.8. The number of hydrogen-bond donors (Lipinski definition) is 1. The lowest BCUT2D eigenvalue weighted by molar-refractivity contribution is 0.460. The summed E-state index contributed by atoms with van der Waals surface area (Å²) in [5.41, 5.74) is 1.83. The molecule has 0 spiro atoms. The number of aryl methyl sites for hydroxylation is 1. The number of aromatic nitrogens is 2. The minimum absolute atomic E-state index is 0.257. The molecule has 21 heavy (non-hydrogen) atoms. The van der Waals surface area contributed by atoms with Gasteiger partial charge in [0.05, 0.1) is 10.2 Å². The first kappa shape index (κ1) is 14.6. The highest BCUT2D eigenvalue weighted by molar-refractivity contribution is 9.10. The first-order chi connectivity index (χ1) is 10.1. The molecule has 0 bridgehead atoms. The fourth-order valence-corrected chi connectivity index (χ4v) is 3.39. The van der Waals surface area contributed by atoms with Crippen LogP contribution < -0.4 is 5.32 Å². The fourth-order valence-electron chi connectivity index (χ4n) is 2.93. The highest BCUT2D eigenvalue weighted by atomic mass is 79.9. The Labute approximate surface area is 132 Å². The van der Waals surface area contributed by atoms with E-state index < -0.39 is 0 Å². The van der Waals surface area contributed by atoms with Crippen LogP contribution in [0, 0.1) is 12.7 Å². The lowest BCUT2D eigenvalue weighted by atomic mass is 9.96. The van der Waals surface area contributed by atoms with Gasteiger partial charge in [0.25, 0.3) is 0 Å². The summed E-state index contributed by atoms with van der Waals surface area (Å²) in [6.07, 6.45) is 9.85. The van der Waals surface area contributed by atoms with Crippen molar-refractivity contribution in [2.24, 2.45) is 0 Å². The number of hydrogen-bond acceptors (Lipinski definition) is 2. The van der Waals surface area contributed by atoms with E-state index in [0.717, 1.165) is 17.2 Å². The molecule has 1 aromatic carbocycles. The summed E-state index contributed by atoms with van der Waals surface area (Å²) in [5, 5.41) is 3.51. The molecular formula is C16H19BrFN3. The quantitative estimate of drug-likeness (QED) is 0.858. The molecule has 0 unspecified atom stereocenters. The summed E-state index contributed by atoms with van der Waals surface area (Å²) >= 11 is 3.23. The summed E-state index contributed by atoms with van der Waals surface area (Å²) in [5.74, 6) is 0.541. The topological polar surface area (TPSA) is 29.9 Å². The van der Waals surface area contributed by atoms with Crippen molar-refractivity contribution in [3.05, 3.63) is 40.4 Å². The van der Waals surface area contributed by atoms with Crippen LogP contribution >= 0.6 is 15.9 Å². The van der Waals surface area contributed by atoms with Gasteiger partial charge < -0.3 is 5.32 Å². The highest BCUT2D eigenvalue weighted by Gasteiger charge is 2.16. The number of imidazole rings is 1. The van der Waals surface area contributed by atoms with Gasteiger partial charge in [-0.3, -0.25) is 4.57 Å². The van der Waals surface area contributed by atoms with Crippen molar-refractivity contribution >= 4 is 21.9 Å². The van der Waals surface area contributed by atoms with Crippen LogP contribution in [0.4, 0.5) is 10.3 Å². The van der Waals surface area contributed by atoms with E-state index >= 15 is 0 Å². The molecule has 1 fully saturated rings. The number of nitrogens with one attached hydrogen (secondary N) is 1. The zero-order valence-electron chi connectivity index (χ0n) is 12.1. The summed E-state index contributed by atoms with van der Waals surface area (Å²) in [7, 11) is 0. The molecule has 3 nitrogen and oxygen atoms in total. The van der Waals surface area contributed by atoms with Gasteiger partial charge in [-0.05, 0) is 53.4 Å². The lowest BCUT2D eigenvalue weighted by Gasteiger charge is -2.24. The first-order valence-electron chi connectivity index (χ1n) is 7.41. The SMILES string of the molecule is Cc1cc(Br)c(F)cc1-n1ccnc1NC1CCCCC1. The van der Waals surface area contributed by atoms with Gasteiger partial charge >= 0.3 is 0 Å². The van der Waals surface area contributed by atoms with E-state index in [2.05, 4.69) is 26.2 Å². The van der Waals surface area contributed by atoms with Crippen molar-refractivity contribution in [2.45, 2.75) is 45.1 Å². The molecule has 1 saturated carbocycles. The number of halogens is 2. The van der Waals surface area contributed by atoms with Gasteiger partial charge in [-0.1, -0.05) is 19.3 Å². The van der Waals surface area contributed by atoms with E-state index in [-0.39, 0.29) is 5.82 Å². The van der Waals surface area contributed by atoms with Gasteiger partial charge in [-0.2, -0.15) is 0 Å². The molecule has 1 aromatic heterocycles. The minimum Gasteiger partial charge on any atom is -0.353 e. The van der Waals surface area contributed by atoms with Crippen LogP contribution in [0.25, 0.3) is 5.69 Å². The molecule has 0 radical (unpaired) electrons. The smallest absolute Gasteiger partial charge is 0.207 e. The van der Waals surface area contributed by atoms with Crippen molar-refractivity contribution < 1.29 is 4.39 Å². The molecule has 1 aliphatic carbocycles. The average Bonchev–Trinajstić information content (AvgIpc) is 2.92. The van der Waals surface area contributed by atoms with Crippen molar-refractivity contribution in [2.75, 3.05) is 5.32 Å². The zero-order chi connectivity index (χ0) is 14.8. The van der Waals surface area contributed by atoms with E-state index in [4.69, 9.17) is 0 Å². The van der Waals surface area contributed by atoms with E-state index in [9.17, 15) is 4.39 Å². The molecule has 1 heterocycles. The van der Waals surface area contributed by atoms with Gasteiger partial charge in [-0.25, -0.2) is 9.37 Å². The molecule has 3 rings (SSSR count). The predicted molar refractivity (Wildman–Crippen MR) is 86.5 cm³/mol. The Morgan fingerprint density at radius 2 is 2.05 bits per heavy atom. The number of benzene rings is 1. The molecule has 5 heteroatoms. The number of rotatable bonds is 3. The molecule has 0 saturated heterocycles. The molecule has 0 amide bonds. The Morgan fingerprint density at radius 1 is 1.29 bits per heavy atom. The van der Waals surface area contributed by atoms with Crippen molar-refractivity contribution in [3.8, 4) is 5.69 Å². The summed E-state index contributed by atoms with van der Waals surface area (Å²) in [6, 6.07) is 3.82. The Balaban J connectivity index is 1.89. The maximum atomic E-state index is 13.8. The number of anilines is 1. The third-order valence-corrected chi connectivity index (χ3v) is 4.69. The van der Waals surface area contributed by atoms with Crippen LogP contribution in [-0.4, -0.2) is 15.6 Å². The van der Waals surface area contributed by atoms with Gasteiger partial charge in [-0.15, -0.1) is 0 Å². The van der Waals surface area contributed by atoms with Crippen LogP contribution in [0.15, 0.2) is 29.0 Å². The molecule has 2 aromatic rings. The number of nitrogens with zero attached hydrogens (tertiary/aromatic N) is 2. The van der Waals surface area contributed by atoms with Crippen LogP contribution in [0.1, 0.15) is 37.7 Å². The Bertz CT molecular complexity index is 632. The standard InChI is InChI=1S/C16H19BrFN3/c1-11-9-13(17)14(18)10-15(11)21-8-7-19-16(21)20-12-5-3-2-4-6-12/h7-10,12H,2-6H2,1H3,(H,19,20). The van der Waals surface area contributed by atoms with Gasteiger partial charge in [0, 0.05) is 18.4 Å². The second-order valence-corrected chi connectivity index (χ2v) is 6.51. The molecule has 1 aliphatic rings. The largest absolute Gasteiger partial charge is 0.353 e. The second kappa shape index (κ2) is 6.18. The first-order valence-corrected chi connectivity index (χ1v) is 8.20. The fraction of sp³-hybridized carbons (Fsp3) is 0.438. The van der Waals surface area contributed by atoms with Crippen molar-refractivity contribution in [1.29, 1.82) is 0 Å². The van der Waals surface area contributed by atoms with Crippen LogP contribution in [0.2, 0.25) is 0 Å². The second-order valence-electron chi connectivity index (χ2n) is 5.65. The van der Waals surface area contributed by atoms with Gasteiger partial charge in [0.2, 0.25) is 5.95 Å². The predicted octanol–water partition coefficient (Wildman–Crippen LogP) is 4.83. The molecular weight excluding hydrogens is 333 g/mol. The third kappa shape index (κ3) is 3.12. The molecule has 1 N–H and O–H groups in total. The summed E-state index contributed by atoms with van der Waals surface area (Å²) < 4.78 is 16.3. The van der Waals surface area contributed by atoms with Gasteiger partial charge in [0.15, 0.2) is 0 Å². The van der Waals surface area contributed by atoms with Crippen molar-refractivity contribution in [1.82, 2.24) is 9.55 Å². The maximum Gasteiger partial charge on any atom is 0.207 e. The minimum atomic E-state index is -0.257. The van der Waals surface area contributed by atoms with Crippen molar-refractivity contribution in [3.63, 3.8) is 0 Å². The zero-order valence-corrected chi connectivity index (χ0v) is 13.7. The van der Waals surface area contributed by atoms with Gasteiger partial charge in [0.1, 0.15) is 5.82 Å². The van der Waals surface area contributed by atoms with Crippen LogP contribution in [-0.2, 0) is 0 Å². The van der Waals surface area contributed by atoms with E-state index in [1.807, 2.05) is 17.7 Å². The van der Waals surface area contributed by atoms with E-state index in [0.29, 0.717) is 10.5 Å². The Kier molecular flexibility index (Phi) is 4.29. The highest BCUT2D eigenvalue weighted by Crippen LogP contribution is 2.27. The summed E-state index contributed by atoms with van der Waals surface area (Å²) in [6.45, 7) is 1.98. The monoisotopic (exact) mass is 351 g/mol.